The molecule has 0 saturated carbocycles. The largest absolute Gasteiger partial charge is 0.479 e. The number of aliphatic carboxylic acids is 1. The van der Waals surface area contributed by atoms with E-state index in [1.807, 2.05) is 13.8 Å². The molecule has 21 heteroatoms. The first-order valence-electron chi connectivity index (χ1n) is 16.2. The van der Waals surface area contributed by atoms with Crippen LogP contribution in [0.2, 0.25) is 0 Å². The molecule has 18 atom stereocenters. The second-order valence-electron chi connectivity index (χ2n) is 12.5. The zero-order chi connectivity index (χ0) is 40.5. The maximum atomic E-state index is 10.6. The quantitative estimate of drug-likeness (QED) is 0.0823. The molecule has 2 fully saturated rings. The average Bonchev–Trinajstić information content (AvgIpc) is 3.10. The van der Waals surface area contributed by atoms with E-state index in [0.29, 0.717) is 0 Å². The Balaban J connectivity index is -0.000000194. The fraction of sp³-hybridized carbons (Fsp3) is 0.939. The summed E-state index contributed by atoms with van der Waals surface area (Å²) in [6, 6.07) is 0. The van der Waals surface area contributed by atoms with Gasteiger partial charge < -0.3 is 96.5 Å². The van der Waals surface area contributed by atoms with E-state index in [-0.39, 0.29) is 59.5 Å². The topological polar surface area (TPSA) is 388 Å². The van der Waals surface area contributed by atoms with Crippen molar-refractivity contribution in [2.24, 2.45) is 11.8 Å². The molecule has 2 rings (SSSR count). The van der Waals surface area contributed by atoms with Crippen LogP contribution < -0.4 is 5.32 Å². The first-order chi connectivity index (χ1) is 23.5. The molecule has 0 aromatic carbocycles. The minimum atomic E-state index is -1.79. The van der Waals surface area contributed by atoms with Gasteiger partial charge in [0.1, 0.15) is 61.0 Å². The number of carboxylic acids is 1. The Morgan fingerprint density at radius 3 is 1.33 bits per heavy atom. The lowest BCUT2D eigenvalue weighted by Crippen LogP contribution is -2.55. The summed E-state index contributed by atoms with van der Waals surface area (Å²) in [4.78, 5) is 21.1. The molecule has 0 spiro atoms. The van der Waals surface area contributed by atoms with Gasteiger partial charge in [-0.25, -0.2) is 4.79 Å². The monoisotopic (exact) mass is 803 g/mol. The molecule has 0 aromatic heterocycles. The molecule has 2 aliphatic heterocycles. The number of ketones is 1. The number of carboxylic acid groups (broad SMARTS) is 1. The van der Waals surface area contributed by atoms with Crippen LogP contribution in [0, 0.1) is 11.8 Å². The number of carbonyl (C=O) groups is 2. The summed E-state index contributed by atoms with van der Waals surface area (Å²) in [6.07, 6.45) is -19.1. The van der Waals surface area contributed by atoms with E-state index in [1.165, 1.54) is 0 Å². The molecule has 0 radical (unpaired) electrons. The van der Waals surface area contributed by atoms with Crippen molar-refractivity contribution < 1.29 is 101 Å². The summed E-state index contributed by atoms with van der Waals surface area (Å²) in [6.45, 7) is 6.46. The number of hydrogen-bond acceptors (Lipinski definition) is 20. The Morgan fingerprint density at radius 2 is 0.981 bits per heavy atom. The van der Waals surface area contributed by atoms with E-state index in [1.54, 1.807) is 20.9 Å². The number of Topliss-reactive ketones (excluding diaryl/α,β-unsaturated/α-hetero) is 1. The standard InChI is InChI=1S/C8H14O5.C8H16O4.C7H17NO5.C7H14O6.3CH4/c1-3-4(2)13-7(8(11)12)6(10)5(3)9;1-4-5(2)12-6(3-9)8(11)7(4)10;1-8-2-4(10)6(12)7(13)5(11)3-9;1-3(9)5(11)7(13)6(12)4(10)2-8;;;/h3-7,9-10H,1-2H3,(H,11,12);4-11H,3H2,1-2H3;4-13H,2-3H2,1H3;4-8,10-13H,2H2,1H3;3*1H4/t3-,4-,5+,6-,7-;4-,5-,6+,7+,8+;4-,5+,6+,7+;4-,5+,6-,7-;;;/m0001.../s1. The van der Waals surface area contributed by atoms with Crippen LogP contribution in [-0.2, 0) is 19.1 Å². The van der Waals surface area contributed by atoms with Gasteiger partial charge in [-0.2, -0.15) is 0 Å². The van der Waals surface area contributed by atoms with Crippen LogP contribution in [0.25, 0.3) is 0 Å². The first-order valence-corrected chi connectivity index (χ1v) is 16.2. The van der Waals surface area contributed by atoms with Gasteiger partial charge in [0, 0.05) is 18.4 Å². The summed E-state index contributed by atoms with van der Waals surface area (Å²) in [5, 5.41) is 147. The summed E-state index contributed by atoms with van der Waals surface area (Å²) in [7, 11) is 1.57. The maximum Gasteiger partial charge on any atom is 0.335 e. The number of carbonyl (C=O) groups excluding carboxylic acids is 1. The van der Waals surface area contributed by atoms with Gasteiger partial charge in [-0.05, 0) is 27.8 Å². The second kappa shape index (κ2) is 30.5. The molecule has 330 valence electrons. The fourth-order valence-corrected chi connectivity index (χ4v) is 4.50. The first kappa shape index (κ1) is 61.6. The van der Waals surface area contributed by atoms with Crippen molar-refractivity contribution >= 4 is 11.8 Å². The highest BCUT2D eigenvalue weighted by Crippen LogP contribution is 2.26. The minimum absolute atomic E-state index is 0. The lowest BCUT2D eigenvalue weighted by atomic mass is 9.89. The molecule has 0 aromatic rings. The highest BCUT2D eigenvalue weighted by molar-refractivity contribution is 5.80. The third-order valence-electron chi connectivity index (χ3n) is 8.53. The highest BCUT2D eigenvalue weighted by Gasteiger charge is 2.44. The molecular formula is C33H73NO20. The zero-order valence-electron chi connectivity index (χ0n) is 29.5. The van der Waals surface area contributed by atoms with Crippen LogP contribution in [0.5, 0.6) is 0 Å². The maximum absolute atomic E-state index is 10.6. The van der Waals surface area contributed by atoms with E-state index in [9.17, 15) is 35.1 Å². The van der Waals surface area contributed by atoms with Crippen LogP contribution in [0.4, 0.5) is 0 Å². The van der Waals surface area contributed by atoms with Crippen molar-refractivity contribution in [2.75, 3.05) is 33.4 Å². The second-order valence-corrected chi connectivity index (χ2v) is 12.5. The van der Waals surface area contributed by atoms with E-state index >= 15 is 0 Å². The molecule has 0 bridgehead atoms. The van der Waals surface area contributed by atoms with Gasteiger partial charge in [0.25, 0.3) is 0 Å². The van der Waals surface area contributed by atoms with Crippen LogP contribution in [0.3, 0.4) is 0 Å². The molecule has 21 nitrogen and oxygen atoms in total. The van der Waals surface area contributed by atoms with Crippen molar-refractivity contribution in [2.45, 2.75) is 155 Å². The number of rotatable bonds is 13. The summed E-state index contributed by atoms with van der Waals surface area (Å²) < 4.78 is 10.3. The highest BCUT2D eigenvalue weighted by atomic mass is 16.5. The van der Waals surface area contributed by atoms with Crippen LogP contribution in [-0.4, -0.2) is 225 Å². The van der Waals surface area contributed by atoms with Crippen molar-refractivity contribution in [1.82, 2.24) is 5.32 Å². The third-order valence-corrected chi connectivity index (χ3v) is 8.53. The van der Waals surface area contributed by atoms with Gasteiger partial charge in [-0.3, -0.25) is 4.79 Å². The van der Waals surface area contributed by atoms with Crippen molar-refractivity contribution in [3.05, 3.63) is 0 Å². The fourth-order valence-electron chi connectivity index (χ4n) is 4.50. The SMILES string of the molecule is C.C.C.CC(=O)[C@H](O)[C@@H](O)[C@H](O)[C@H](O)CO.CNC[C@H](O)[C@@H](O)[C@H](O)[C@H](O)CO.C[C@@H]1[C@@H](O)[C@H](O)[C@@H](C(=O)O)O[C@H]1C.C[C@@H]1[C@@H](O)[C@H](O)[C@@H](CO)O[C@H]1C. The van der Waals surface area contributed by atoms with Crippen LogP contribution in [0.15, 0.2) is 0 Å². The molecule has 2 aliphatic rings. The Kier molecular flexibility index (Phi) is 34.9. The Morgan fingerprint density at radius 1 is 0.611 bits per heavy atom. The van der Waals surface area contributed by atoms with E-state index in [4.69, 9.17) is 65.6 Å². The summed E-state index contributed by atoms with van der Waals surface area (Å²) in [5.74, 6) is -2.32. The Hall–Kier alpha value is -1.58. The third kappa shape index (κ3) is 19.5. The predicted molar refractivity (Wildman–Crippen MR) is 193 cm³/mol. The molecule has 2 saturated heterocycles. The van der Waals surface area contributed by atoms with E-state index < -0.39 is 110 Å². The molecule has 2 heterocycles. The number of aliphatic hydroxyl groups is 15. The normalized spacial score (nSPS) is 31.9. The van der Waals surface area contributed by atoms with Gasteiger partial charge >= 0.3 is 5.97 Å². The number of nitrogens with one attached hydrogen (secondary N) is 1. The van der Waals surface area contributed by atoms with Gasteiger partial charge in [-0.1, -0.05) is 36.1 Å². The zero-order valence-corrected chi connectivity index (χ0v) is 29.5. The summed E-state index contributed by atoms with van der Waals surface area (Å²) in [5.41, 5.74) is 0. The molecule has 17 N–H and O–H groups in total. The van der Waals surface area contributed by atoms with Gasteiger partial charge in [-0.15, -0.1) is 0 Å². The number of aliphatic hydroxyl groups excluding tert-OH is 15. The molecule has 0 aliphatic carbocycles. The Bertz CT molecular complexity index is 945. The number of ether oxygens (including phenoxy) is 2. The van der Waals surface area contributed by atoms with Crippen LogP contribution >= 0.6 is 0 Å². The predicted octanol–water partition coefficient (Wildman–Crippen LogP) is -6.10. The summed E-state index contributed by atoms with van der Waals surface area (Å²) >= 11 is 0. The van der Waals surface area contributed by atoms with Crippen LogP contribution in [0.1, 0.15) is 56.9 Å². The molecule has 0 amide bonds. The van der Waals surface area contributed by atoms with Crippen molar-refractivity contribution in [3.8, 4) is 0 Å². The molecular weight excluding hydrogens is 730 g/mol. The van der Waals surface area contributed by atoms with Crippen molar-refractivity contribution in [3.63, 3.8) is 0 Å². The molecule has 54 heavy (non-hydrogen) atoms. The van der Waals surface area contributed by atoms with Crippen molar-refractivity contribution in [1.29, 1.82) is 0 Å². The lowest BCUT2D eigenvalue weighted by Gasteiger charge is -2.39. The number of hydrogen-bond donors (Lipinski definition) is 17. The number of likely N-dealkylation sites (N-methyl/N-ethyl adjacent to an activating group) is 1. The van der Waals surface area contributed by atoms with Gasteiger partial charge in [0.15, 0.2) is 11.9 Å². The Labute approximate surface area is 317 Å². The van der Waals surface area contributed by atoms with Gasteiger partial charge in [0.05, 0.1) is 50.3 Å². The van der Waals surface area contributed by atoms with Gasteiger partial charge in [0.2, 0.25) is 0 Å². The van der Waals surface area contributed by atoms with E-state index in [2.05, 4.69) is 5.32 Å². The van der Waals surface area contributed by atoms with E-state index in [0.717, 1.165) is 6.92 Å². The average molecular weight is 804 g/mol. The molecule has 0 unspecified atom stereocenters. The minimum Gasteiger partial charge on any atom is -0.479 e. The smallest absolute Gasteiger partial charge is 0.335 e. The lowest BCUT2D eigenvalue weighted by molar-refractivity contribution is -0.206.